The van der Waals surface area contributed by atoms with E-state index in [9.17, 15) is 4.79 Å². The zero-order chi connectivity index (χ0) is 11.7. The zero-order valence-corrected chi connectivity index (χ0v) is 9.94. The number of nitrogens with two attached hydrogens (primary N) is 2. The summed E-state index contributed by atoms with van der Waals surface area (Å²) in [6.45, 7) is 0. The molecule has 0 aliphatic heterocycles. The first kappa shape index (κ1) is 10.8. The summed E-state index contributed by atoms with van der Waals surface area (Å²) in [6.07, 6.45) is 1.55. The minimum atomic E-state index is -0.277. The number of halogens is 1. The highest BCUT2D eigenvalue weighted by molar-refractivity contribution is 9.10. The molecule has 0 atom stereocenters. The van der Waals surface area contributed by atoms with Crippen LogP contribution in [0.1, 0.15) is 0 Å². The molecule has 5 heteroatoms. The van der Waals surface area contributed by atoms with Crippen molar-refractivity contribution in [1.29, 1.82) is 0 Å². The molecule has 0 amide bonds. The van der Waals surface area contributed by atoms with Gasteiger partial charge in [-0.2, -0.15) is 0 Å². The third-order valence-electron chi connectivity index (χ3n) is 2.18. The van der Waals surface area contributed by atoms with E-state index in [0.717, 1.165) is 4.47 Å². The van der Waals surface area contributed by atoms with E-state index < -0.39 is 0 Å². The van der Waals surface area contributed by atoms with Gasteiger partial charge in [0.05, 0.1) is 11.4 Å². The van der Waals surface area contributed by atoms with Crippen LogP contribution in [0.25, 0.3) is 5.69 Å². The van der Waals surface area contributed by atoms with Crippen LogP contribution in [0.3, 0.4) is 0 Å². The second kappa shape index (κ2) is 4.02. The van der Waals surface area contributed by atoms with E-state index in [-0.39, 0.29) is 11.2 Å². The molecule has 0 unspecified atom stereocenters. The molecule has 2 rings (SSSR count). The van der Waals surface area contributed by atoms with Gasteiger partial charge in [-0.25, -0.2) is 0 Å². The molecule has 0 aliphatic rings. The number of hydrogen-bond acceptors (Lipinski definition) is 3. The van der Waals surface area contributed by atoms with E-state index in [1.807, 2.05) is 24.3 Å². The molecule has 16 heavy (non-hydrogen) atoms. The number of rotatable bonds is 1. The van der Waals surface area contributed by atoms with Crippen LogP contribution in [0.15, 0.2) is 45.8 Å². The zero-order valence-electron chi connectivity index (χ0n) is 8.35. The van der Waals surface area contributed by atoms with Gasteiger partial charge < -0.3 is 11.5 Å². The Morgan fingerprint density at radius 3 is 2.56 bits per heavy atom. The van der Waals surface area contributed by atoms with Crippen LogP contribution >= 0.6 is 15.9 Å². The summed E-state index contributed by atoms with van der Waals surface area (Å²) in [5, 5.41) is 0. The largest absolute Gasteiger partial charge is 0.397 e. The molecule has 0 spiro atoms. The summed E-state index contributed by atoms with van der Waals surface area (Å²) in [5.41, 5.74) is 12.3. The molecule has 4 N–H and O–H groups in total. The summed E-state index contributed by atoms with van der Waals surface area (Å²) in [4.78, 5) is 11.8. The molecule has 1 aromatic carbocycles. The van der Waals surface area contributed by atoms with Gasteiger partial charge in [-0.05, 0) is 34.1 Å². The van der Waals surface area contributed by atoms with Crippen molar-refractivity contribution in [3.8, 4) is 5.69 Å². The number of hydrogen-bond donors (Lipinski definition) is 2. The van der Waals surface area contributed by atoms with Crippen molar-refractivity contribution in [2.24, 2.45) is 0 Å². The van der Waals surface area contributed by atoms with Crippen molar-refractivity contribution in [2.45, 2.75) is 0 Å². The smallest absolute Gasteiger partial charge is 0.278 e. The van der Waals surface area contributed by atoms with Gasteiger partial charge >= 0.3 is 0 Å². The molecule has 0 bridgehead atoms. The Hall–Kier alpha value is -1.75. The highest BCUT2D eigenvalue weighted by Gasteiger charge is 2.06. The fourth-order valence-electron chi connectivity index (χ4n) is 1.45. The topological polar surface area (TPSA) is 74.0 Å². The van der Waals surface area contributed by atoms with Gasteiger partial charge in [-0.3, -0.25) is 9.36 Å². The van der Waals surface area contributed by atoms with E-state index in [2.05, 4.69) is 15.9 Å². The van der Waals surface area contributed by atoms with Crippen LogP contribution in [0.2, 0.25) is 0 Å². The number of benzene rings is 1. The summed E-state index contributed by atoms with van der Waals surface area (Å²) in [6, 6.07) is 8.82. The average Bonchev–Trinajstić information content (AvgIpc) is 2.24. The van der Waals surface area contributed by atoms with Crippen LogP contribution in [-0.2, 0) is 0 Å². The quantitative estimate of drug-likeness (QED) is 0.836. The van der Waals surface area contributed by atoms with E-state index in [0.29, 0.717) is 11.4 Å². The van der Waals surface area contributed by atoms with Crippen molar-refractivity contribution in [1.82, 2.24) is 4.57 Å². The van der Waals surface area contributed by atoms with Crippen LogP contribution in [0.4, 0.5) is 11.4 Å². The number of nitrogen functional groups attached to an aromatic ring is 2. The molecule has 0 saturated heterocycles. The molecule has 0 aliphatic carbocycles. The monoisotopic (exact) mass is 279 g/mol. The summed E-state index contributed by atoms with van der Waals surface area (Å²) < 4.78 is 2.23. The molecule has 1 aromatic heterocycles. The van der Waals surface area contributed by atoms with Gasteiger partial charge in [0.2, 0.25) is 0 Å². The van der Waals surface area contributed by atoms with Crippen molar-refractivity contribution >= 4 is 27.3 Å². The Labute approximate surface area is 101 Å². The minimum absolute atomic E-state index is 0.135. The van der Waals surface area contributed by atoms with Crippen LogP contribution in [0.5, 0.6) is 0 Å². The highest BCUT2D eigenvalue weighted by atomic mass is 79.9. The van der Waals surface area contributed by atoms with Gasteiger partial charge in [0.25, 0.3) is 5.56 Å². The number of anilines is 2. The third-order valence-corrected chi connectivity index (χ3v) is 2.85. The lowest BCUT2D eigenvalue weighted by Gasteiger charge is -2.09. The molecule has 82 valence electrons. The maximum atomic E-state index is 11.8. The lowest BCUT2D eigenvalue weighted by Crippen LogP contribution is -2.21. The second-order valence-corrected chi connectivity index (χ2v) is 4.21. The molecule has 0 fully saturated rings. The summed E-state index contributed by atoms with van der Waals surface area (Å²) >= 11 is 3.37. The maximum Gasteiger partial charge on any atom is 0.278 e. The fourth-order valence-corrected chi connectivity index (χ4v) is 1.93. The summed E-state index contributed by atoms with van der Waals surface area (Å²) in [5.74, 6) is 0. The first-order valence-corrected chi connectivity index (χ1v) is 5.41. The van der Waals surface area contributed by atoms with Gasteiger partial charge in [0.1, 0.15) is 5.69 Å². The maximum absolute atomic E-state index is 11.8. The Morgan fingerprint density at radius 1 is 1.19 bits per heavy atom. The first-order chi connectivity index (χ1) is 7.59. The Morgan fingerprint density at radius 2 is 1.88 bits per heavy atom. The molecular formula is C11H10BrN3O. The van der Waals surface area contributed by atoms with E-state index in [1.54, 1.807) is 6.20 Å². The molecule has 4 nitrogen and oxygen atoms in total. The normalized spacial score (nSPS) is 10.3. The minimum Gasteiger partial charge on any atom is -0.397 e. The number of aromatic nitrogens is 1. The summed E-state index contributed by atoms with van der Waals surface area (Å²) in [7, 11) is 0. The van der Waals surface area contributed by atoms with Gasteiger partial charge in [-0.1, -0.05) is 12.1 Å². The van der Waals surface area contributed by atoms with E-state index >= 15 is 0 Å². The van der Waals surface area contributed by atoms with Gasteiger partial charge in [0, 0.05) is 10.7 Å². The van der Waals surface area contributed by atoms with Crippen LogP contribution in [-0.4, -0.2) is 4.57 Å². The van der Waals surface area contributed by atoms with Crippen molar-refractivity contribution in [3.05, 3.63) is 51.4 Å². The molecule has 1 heterocycles. The fraction of sp³-hybridized carbons (Fsp3) is 0. The number of para-hydroxylation sites is 1. The van der Waals surface area contributed by atoms with Crippen LogP contribution < -0.4 is 17.0 Å². The Kier molecular flexibility index (Phi) is 2.70. The van der Waals surface area contributed by atoms with Crippen molar-refractivity contribution < 1.29 is 0 Å². The predicted octanol–water partition coefficient (Wildman–Crippen LogP) is 1.76. The number of pyridine rings is 1. The third kappa shape index (κ3) is 1.81. The lowest BCUT2D eigenvalue weighted by molar-refractivity contribution is 0.992. The highest BCUT2D eigenvalue weighted by Crippen LogP contribution is 2.20. The molecule has 2 aromatic rings. The second-order valence-electron chi connectivity index (χ2n) is 3.36. The predicted molar refractivity (Wildman–Crippen MR) is 68.6 cm³/mol. The molecule has 0 saturated carbocycles. The van der Waals surface area contributed by atoms with E-state index in [4.69, 9.17) is 11.5 Å². The first-order valence-electron chi connectivity index (χ1n) is 4.62. The Balaban J connectivity index is 2.75. The molecule has 0 radical (unpaired) electrons. The SMILES string of the molecule is Nc1cc(N)c(=O)n(-c2ccccc2Br)c1. The average molecular weight is 280 g/mol. The van der Waals surface area contributed by atoms with E-state index in [1.165, 1.54) is 10.6 Å². The standard InChI is InChI=1S/C11H10BrN3O/c12-8-3-1-2-4-10(8)15-6-7(13)5-9(14)11(15)16/h1-6H,13-14H2. The van der Waals surface area contributed by atoms with Crippen molar-refractivity contribution in [2.75, 3.05) is 11.5 Å². The van der Waals surface area contributed by atoms with Crippen LogP contribution in [0, 0.1) is 0 Å². The lowest BCUT2D eigenvalue weighted by atomic mass is 10.3. The van der Waals surface area contributed by atoms with Gasteiger partial charge in [0.15, 0.2) is 0 Å². The van der Waals surface area contributed by atoms with Gasteiger partial charge in [-0.15, -0.1) is 0 Å². The number of nitrogens with zero attached hydrogens (tertiary/aromatic N) is 1. The Bertz CT molecular complexity index is 592. The van der Waals surface area contributed by atoms with Crippen molar-refractivity contribution in [3.63, 3.8) is 0 Å². The molecular weight excluding hydrogens is 270 g/mol.